The summed E-state index contributed by atoms with van der Waals surface area (Å²) in [7, 11) is 0. The summed E-state index contributed by atoms with van der Waals surface area (Å²) in [5, 5.41) is 9.00. The van der Waals surface area contributed by atoms with Crippen LogP contribution in [0.1, 0.15) is 32.6 Å². The standard InChI is InChI=1S/C12H19IO4S/c1-8(14)18-7-9(12(15)16)6-17-11-4-2-10(13)3-5-11/h9-11H,2-7H2,1H3,(H,15,16). The third kappa shape index (κ3) is 6.38. The van der Waals surface area contributed by atoms with Crippen LogP contribution in [0.25, 0.3) is 0 Å². The van der Waals surface area contributed by atoms with Gasteiger partial charge in [-0.15, -0.1) is 0 Å². The van der Waals surface area contributed by atoms with E-state index in [2.05, 4.69) is 22.6 Å². The number of rotatable bonds is 6. The van der Waals surface area contributed by atoms with Crippen LogP contribution >= 0.6 is 34.4 Å². The normalized spacial score (nSPS) is 25.7. The Balaban J connectivity index is 2.28. The molecule has 0 saturated heterocycles. The number of ether oxygens (including phenoxy) is 1. The minimum Gasteiger partial charge on any atom is -0.481 e. The first-order chi connectivity index (χ1) is 8.49. The second kappa shape index (κ2) is 8.37. The molecule has 6 heteroatoms. The molecular formula is C12H19IO4S. The monoisotopic (exact) mass is 386 g/mol. The Kier molecular flexibility index (Phi) is 7.55. The highest BCUT2D eigenvalue weighted by molar-refractivity contribution is 14.1. The lowest BCUT2D eigenvalue weighted by Crippen LogP contribution is -2.28. The first kappa shape index (κ1) is 16.2. The van der Waals surface area contributed by atoms with Gasteiger partial charge in [-0.3, -0.25) is 9.59 Å². The fraction of sp³-hybridized carbons (Fsp3) is 0.833. The van der Waals surface area contributed by atoms with Gasteiger partial charge >= 0.3 is 5.97 Å². The lowest BCUT2D eigenvalue weighted by atomic mass is 9.97. The number of alkyl halides is 1. The SMILES string of the molecule is CC(=O)SCC(COC1CCC(I)CC1)C(=O)O. The number of hydrogen-bond acceptors (Lipinski definition) is 4. The predicted octanol–water partition coefficient (Wildman–Crippen LogP) is 2.73. The molecule has 1 aliphatic carbocycles. The Morgan fingerprint density at radius 1 is 1.39 bits per heavy atom. The van der Waals surface area contributed by atoms with Crippen molar-refractivity contribution in [1.82, 2.24) is 0 Å². The fourth-order valence-corrected chi connectivity index (χ4v) is 3.24. The Hall–Kier alpha value is 0.180. The van der Waals surface area contributed by atoms with Gasteiger partial charge in [-0.2, -0.15) is 0 Å². The molecule has 0 heterocycles. The molecule has 4 nitrogen and oxygen atoms in total. The minimum absolute atomic E-state index is 0.0494. The number of thioether (sulfide) groups is 1. The molecule has 104 valence electrons. The molecule has 0 aromatic carbocycles. The van der Waals surface area contributed by atoms with Crippen LogP contribution in [-0.2, 0) is 14.3 Å². The van der Waals surface area contributed by atoms with Crippen LogP contribution < -0.4 is 0 Å². The third-order valence-electron chi connectivity index (χ3n) is 2.97. The third-order valence-corrected chi connectivity index (χ3v) is 5.20. The number of halogens is 1. The van der Waals surface area contributed by atoms with Crippen LogP contribution in [0.4, 0.5) is 0 Å². The summed E-state index contributed by atoms with van der Waals surface area (Å²) in [6, 6.07) is 0. The van der Waals surface area contributed by atoms with E-state index in [1.807, 2.05) is 0 Å². The highest BCUT2D eigenvalue weighted by Gasteiger charge is 2.24. The molecule has 1 aliphatic rings. The van der Waals surface area contributed by atoms with Crippen molar-refractivity contribution in [3.05, 3.63) is 0 Å². The molecule has 0 radical (unpaired) electrons. The highest BCUT2D eigenvalue weighted by Crippen LogP contribution is 2.27. The van der Waals surface area contributed by atoms with Crippen molar-refractivity contribution in [2.75, 3.05) is 12.4 Å². The molecule has 1 saturated carbocycles. The topological polar surface area (TPSA) is 63.6 Å². The van der Waals surface area contributed by atoms with E-state index in [1.165, 1.54) is 6.92 Å². The minimum atomic E-state index is -0.883. The van der Waals surface area contributed by atoms with Crippen molar-refractivity contribution in [2.24, 2.45) is 5.92 Å². The summed E-state index contributed by atoms with van der Waals surface area (Å²) >= 11 is 3.50. The van der Waals surface area contributed by atoms with E-state index in [9.17, 15) is 9.59 Å². The zero-order valence-corrected chi connectivity index (χ0v) is 13.4. The molecular weight excluding hydrogens is 367 g/mol. The molecule has 0 spiro atoms. The van der Waals surface area contributed by atoms with Gasteiger partial charge < -0.3 is 9.84 Å². The van der Waals surface area contributed by atoms with Crippen molar-refractivity contribution in [1.29, 1.82) is 0 Å². The summed E-state index contributed by atoms with van der Waals surface area (Å²) in [4.78, 5) is 21.9. The van der Waals surface area contributed by atoms with Crippen LogP contribution in [0, 0.1) is 5.92 Å². The van der Waals surface area contributed by atoms with Crippen molar-refractivity contribution in [2.45, 2.75) is 42.6 Å². The zero-order valence-electron chi connectivity index (χ0n) is 10.4. The molecule has 1 unspecified atom stereocenters. The quantitative estimate of drug-likeness (QED) is 0.562. The first-order valence-electron chi connectivity index (χ1n) is 6.11. The van der Waals surface area contributed by atoms with E-state index in [0.29, 0.717) is 5.75 Å². The summed E-state index contributed by atoms with van der Waals surface area (Å²) in [6.07, 6.45) is 4.51. The summed E-state index contributed by atoms with van der Waals surface area (Å²) < 4.78 is 6.41. The van der Waals surface area contributed by atoms with Crippen LogP contribution in [-0.4, -0.2) is 38.6 Å². The largest absolute Gasteiger partial charge is 0.481 e. The first-order valence-corrected chi connectivity index (χ1v) is 8.34. The van der Waals surface area contributed by atoms with Crippen LogP contribution in [0.2, 0.25) is 0 Å². The van der Waals surface area contributed by atoms with Gasteiger partial charge in [0.2, 0.25) is 0 Å². The molecule has 0 aromatic rings. The maximum Gasteiger partial charge on any atom is 0.309 e. The average Bonchev–Trinajstić information content (AvgIpc) is 2.30. The highest BCUT2D eigenvalue weighted by atomic mass is 127. The smallest absolute Gasteiger partial charge is 0.309 e. The summed E-state index contributed by atoms with van der Waals surface area (Å²) in [6.45, 7) is 1.66. The molecule has 18 heavy (non-hydrogen) atoms. The lowest BCUT2D eigenvalue weighted by molar-refractivity contribution is -0.143. The van der Waals surface area contributed by atoms with Gasteiger partial charge in [-0.1, -0.05) is 34.4 Å². The van der Waals surface area contributed by atoms with Gasteiger partial charge in [0.1, 0.15) is 0 Å². The van der Waals surface area contributed by atoms with Crippen molar-refractivity contribution in [3.8, 4) is 0 Å². The van der Waals surface area contributed by atoms with Crippen LogP contribution in [0.15, 0.2) is 0 Å². The number of carboxylic acid groups (broad SMARTS) is 1. The molecule has 0 aromatic heterocycles. The predicted molar refractivity (Wildman–Crippen MR) is 80.3 cm³/mol. The van der Waals surface area contributed by atoms with Gasteiger partial charge in [0.05, 0.1) is 18.6 Å². The van der Waals surface area contributed by atoms with E-state index < -0.39 is 11.9 Å². The number of aliphatic carboxylic acids is 1. The second-order valence-electron chi connectivity index (χ2n) is 4.55. The van der Waals surface area contributed by atoms with E-state index >= 15 is 0 Å². The zero-order chi connectivity index (χ0) is 13.5. The Labute approximate surface area is 125 Å². The number of carbonyl (C=O) groups is 2. The summed E-state index contributed by atoms with van der Waals surface area (Å²) in [5.41, 5.74) is 0. The molecule has 0 amide bonds. The number of hydrogen-bond donors (Lipinski definition) is 1. The summed E-state index contributed by atoms with van der Waals surface area (Å²) in [5.74, 6) is -1.17. The van der Waals surface area contributed by atoms with Gasteiger partial charge in [-0.05, 0) is 25.7 Å². The lowest BCUT2D eigenvalue weighted by Gasteiger charge is -2.26. The molecule has 1 fully saturated rings. The van der Waals surface area contributed by atoms with E-state index in [4.69, 9.17) is 9.84 Å². The van der Waals surface area contributed by atoms with Gasteiger partial charge in [-0.25, -0.2) is 0 Å². The maximum atomic E-state index is 11.0. The number of carbonyl (C=O) groups excluding carboxylic acids is 1. The van der Waals surface area contributed by atoms with E-state index in [1.54, 1.807) is 0 Å². The van der Waals surface area contributed by atoms with Crippen LogP contribution in [0.5, 0.6) is 0 Å². The van der Waals surface area contributed by atoms with Gasteiger partial charge in [0, 0.05) is 16.6 Å². The Bertz CT molecular complexity index is 290. The van der Waals surface area contributed by atoms with E-state index in [0.717, 1.165) is 41.4 Å². The fourth-order valence-electron chi connectivity index (χ4n) is 1.85. The number of carboxylic acids is 1. The Morgan fingerprint density at radius 2 is 2.00 bits per heavy atom. The van der Waals surface area contributed by atoms with Crippen molar-refractivity contribution >= 4 is 45.4 Å². The molecule has 0 aliphatic heterocycles. The van der Waals surface area contributed by atoms with Crippen molar-refractivity contribution < 1.29 is 19.4 Å². The van der Waals surface area contributed by atoms with Gasteiger partial charge in [0.25, 0.3) is 0 Å². The Morgan fingerprint density at radius 3 is 2.50 bits per heavy atom. The molecule has 1 atom stereocenters. The van der Waals surface area contributed by atoms with Crippen molar-refractivity contribution in [3.63, 3.8) is 0 Å². The molecule has 0 bridgehead atoms. The van der Waals surface area contributed by atoms with Gasteiger partial charge in [0.15, 0.2) is 5.12 Å². The second-order valence-corrected chi connectivity index (χ2v) is 7.50. The van der Waals surface area contributed by atoms with Crippen LogP contribution in [0.3, 0.4) is 0 Å². The van der Waals surface area contributed by atoms with E-state index in [-0.39, 0.29) is 17.8 Å². The molecule has 1 N–H and O–H groups in total. The molecule has 1 rings (SSSR count). The maximum absolute atomic E-state index is 11.0. The average molecular weight is 386 g/mol.